The highest BCUT2D eigenvalue weighted by molar-refractivity contribution is 5.81. The van der Waals surface area contributed by atoms with Crippen molar-refractivity contribution in [1.82, 2.24) is 15.5 Å². The fraction of sp³-hybridized carbons (Fsp3) is 0.786. The number of nitrogens with zero attached hydrogens (tertiary/aromatic N) is 1. The predicted octanol–water partition coefficient (Wildman–Crippen LogP) is 1.14. The molecule has 0 aromatic carbocycles. The van der Waals surface area contributed by atoms with E-state index in [-0.39, 0.29) is 17.5 Å². The molecule has 1 amide bonds. The molecular weight excluding hydrogens is 226 g/mol. The van der Waals surface area contributed by atoms with Gasteiger partial charge in [0.25, 0.3) is 0 Å². The first-order chi connectivity index (χ1) is 8.52. The molecule has 0 aromatic heterocycles. The fourth-order valence-corrected chi connectivity index (χ4v) is 2.58. The molecule has 18 heavy (non-hydrogen) atoms. The van der Waals surface area contributed by atoms with Crippen LogP contribution in [-0.4, -0.2) is 49.6 Å². The minimum Gasteiger partial charge on any atom is -0.351 e. The Morgan fingerprint density at radius 2 is 2.06 bits per heavy atom. The maximum Gasteiger partial charge on any atom is 0.237 e. The Bertz CT molecular complexity index is 283. The topological polar surface area (TPSA) is 44.4 Å². The Hall–Kier alpha value is -0.870. The molecule has 1 fully saturated rings. The molecule has 1 aliphatic rings. The van der Waals surface area contributed by atoms with Crippen LogP contribution in [0.15, 0.2) is 12.7 Å². The Kier molecular flexibility index (Phi) is 5.82. The van der Waals surface area contributed by atoms with Crippen LogP contribution in [0.2, 0.25) is 0 Å². The van der Waals surface area contributed by atoms with Gasteiger partial charge in [0.2, 0.25) is 5.91 Å². The number of rotatable bonds is 7. The summed E-state index contributed by atoms with van der Waals surface area (Å²) in [5.41, 5.74) is 0.229. The molecule has 0 radical (unpaired) electrons. The third-order valence-electron chi connectivity index (χ3n) is 4.03. The summed E-state index contributed by atoms with van der Waals surface area (Å²) < 4.78 is 0. The monoisotopic (exact) mass is 253 g/mol. The first-order valence-corrected chi connectivity index (χ1v) is 6.81. The number of hydrogen-bond donors (Lipinski definition) is 2. The van der Waals surface area contributed by atoms with Crippen LogP contribution in [0.1, 0.15) is 32.6 Å². The Morgan fingerprint density at radius 3 is 2.56 bits per heavy atom. The van der Waals surface area contributed by atoms with Crippen molar-refractivity contribution < 1.29 is 4.79 Å². The van der Waals surface area contributed by atoms with Gasteiger partial charge in [-0.05, 0) is 33.9 Å². The number of hydrogen-bond acceptors (Lipinski definition) is 3. The third kappa shape index (κ3) is 3.82. The van der Waals surface area contributed by atoms with E-state index in [2.05, 4.69) is 36.2 Å². The summed E-state index contributed by atoms with van der Waals surface area (Å²) in [4.78, 5) is 14.1. The summed E-state index contributed by atoms with van der Waals surface area (Å²) >= 11 is 0. The van der Waals surface area contributed by atoms with Gasteiger partial charge in [0.05, 0.1) is 6.04 Å². The number of nitrogens with one attached hydrogen (secondary N) is 2. The second kappa shape index (κ2) is 6.90. The summed E-state index contributed by atoms with van der Waals surface area (Å²) in [5, 5.41) is 6.18. The molecule has 1 unspecified atom stereocenters. The van der Waals surface area contributed by atoms with Crippen molar-refractivity contribution in [2.24, 2.45) is 0 Å². The average Bonchev–Trinajstić information content (AvgIpc) is 2.83. The van der Waals surface area contributed by atoms with Crippen LogP contribution in [0, 0.1) is 0 Å². The average molecular weight is 253 g/mol. The highest BCUT2D eigenvalue weighted by Gasteiger charge is 2.36. The highest BCUT2D eigenvalue weighted by Crippen LogP contribution is 2.33. The lowest BCUT2D eigenvalue weighted by atomic mass is 9.95. The van der Waals surface area contributed by atoms with Gasteiger partial charge in [0, 0.05) is 18.6 Å². The van der Waals surface area contributed by atoms with E-state index >= 15 is 0 Å². The normalized spacial score (nSPS) is 19.8. The summed E-state index contributed by atoms with van der Waals surface area (Å²) in [6.07, 6.45) is 6.71. The van der Waals surface area contributed by atoms with Gasteiger partial charge in [-0.2, -0.15) is 0 Å². The van der Waals surface area contributed by atoms with Crippen LogP contribution in [0.3, 0.4) is 0 Å². The molecule has 0 heterocycles. The molecule has 0 saturated heterocycles. The van der Waals surface area contributed by atoms with Crippen molar-refractivity contribution in [1.29, 1.82) is 0 Å². The Morgan fingerprint density at radius 1 is 1.44 bits per heavy atom. The summed E-state index contributed by atoms with van der Waals surface area (Å²) in [6, 6.07) is -0.151. The van der Waals surface area contributed by atoms with Crippen molar-refractivity contribution in [2.45, 2.75) is 44.2 Å². The maximum absolute atomic E-state index is 11.7. The van der Waals surface area contributed by atoms with Gasteiger partial charge in [-0.1, -0.05) is 18.9 Å². The molecule has 0 bridgehead atoms. The van der Waals surface area contributed by atoms with E-state index < -0.39 is 0 Å². The van der Waals surface area contributed by atoms with Gasteiger partial charge < -0.3 is 15.5 Å². The zero-order valence-corrected chi connectivity index (χ0v) is 12.0. The summed E-state index contributed by atoms with van der Waals surface area (Å²) in [5.74, 6) is 0.0433. The van der Waals surface area contributed by atoms with Crippen molar-refractivity contribution in [3.05, 3.63) is 12.7 Å². The SMILES string of the molecule is C=CCNC(=O)C(C)NCC1(N(C)C)CCCC1. The molecule has 1 saturated carbocycles. The molecule has 4 heteroatoms. The smallest absolute Gasteiger partial charge is 0.237 e. The number of amides is 1. The molecule has 1 aliphatic carbocycles. The van der Waals surface area contributed by atoms with Gasteiger partial charge in [-0.15, -0.1) is 6.58 Å². The minimum absolute atomic E-state index is 0.0433. The molecule has 0 spiro atoms. The Labute approximate surface area is 111 Å². The summed E-state index contributed by atoms with van der Waals surface area (Å²) in [6.45, 7) is 6.92. The van der Waals surface area contributed by atoms with Crippen LogP contribution in [-0.2, 0) is 4.79 Å². The quantitative estimate of drug-likeness (QED) is 0.669. The zero-order valence-electron chi connectivity index (χ0n) is 12.0. The Balaban J connectivity index is 2.42. The maximum atomic E-state index is 11.7. The van der Waals surface area contributed by atoms with E-state index in [9.17, 15) is 4.79 Å². The van der Waals surface area contributed by atoms with Crippen LogP contribution in [0.25, 0.3) is 0 Å². The zero-order chi connectivity index (χ0) is 13.6. The van der Waals surface area contributed by atoms with E-state index in [0.717, 1.165) is 6.54 Å². The summed E-state index contributed by atoms with van der Waals surface area (Å²) in [7, 11) is 4.27. The standard InChI is InChI=1S/C14H27N3O/c1-5-10-15-13(18)12(2)16-11-14(17(3)4)8-6-7-9-14/h5,12,16H,1,6-11H2,2-4H3,(H,15,18). The van der Waals surface area contributed by atoms with Gasteiger partial charge in [-0.25, -0.2) is 0 Å². The van der Waals surface area contributed by atoms with E-state index in [4.69, 9.17) is 0 Å². The second-order valence-corrected chi connectivity index (χ2v) is 5.46. The fourth-order valence-electron chi connectivity index (χ4n) is 2.58. The lowest BCUT2D eigenvalue weighted by Crippen LogP contribution is -2.53. The van der Waals surface area contributed by atoms with Crippen LogP contribution in [0.5, 0.6) is 0 Å². The van der Waals surface area contributed by atoms with Crippen molar-refractivity contribution in [2.75, 3.05) is 27.2 Å². The molecular formula is C14H27N3O. The van der Waals surface area contributed by atoms with Gasteiger partial charge in [-0.3, -0.25) is 4.79 Å². The lowest BCUT2D eigenvalue weighted by Gasteiger charge is -2.37. The molecule has 0 aliphatic heterocycles. The van der Waals surface area contributed by atoms with Crippen LogP contribution < -0.4 is 10.6 Å². The van der Waals surface area contributed by atoms with Crippen LogP contribution >= 0.6 is 0 Å². The van der Waals surface area contributed by atoms with E-state index in [0.29, 0.717) is 6.54 Å². The minimum atomic E-state index is -0.151. The van der Waals surface area contributed by atoms with Crippen LogP contribution in [0.4, 0.5) is 0 Å². The van der Waals surface area contributed by atoms with Crippen molar-refractivity contribution in [3.63, 3.8) is 0 Å². The number of likely N-dealkylation sites (N-methyl/N-ethyl adjacent to an activating group) is 1. The lowest BCUT2D eigenvalue weighted by molar-refractivity contribution is -0.122. The van der Waals surface area contributed by atoms with E-state index in [1.54, 1.807) is 6.08 Å². The van der Waals surface area contributed by atoms with Gasteiger partial charge in [0.1, 0.15) is 0 Å². The second-order valence-electron chi connectivity index (χ2n) is 5.46. The molecule has 2 N–H and O–H groups in total. The molecule has 104 valence electrons. The van der Waals surface area contributed by atoms with Gasteiger partial charge >= 0.3 is 0 Å². The first-order valence-electron chi connectivity index (χ1n) is 6.81. The molecule has 4 nitrogen and oxygen atoms in total. The third-order valence-corrected chi connectivity index (χ3v) is 4.03. The van der Waals surface area contributed by atoms with Gasteiger partial charge in [0.15, 0.2) is 0 Å². The van der Waals surface area contributed by atoms with Crippen molar-refractivity contribution >= 4 is 5.91 Å². The van der Waals surface area contributed by atoms with Crippen molar-refractivity contribution in [3.8, 4) is 0 Å². The number of carbonyl (C=O) groups is 1. The highest BCUT2D eigenvalue weighted by atomic mass is 16.2. The molecule has 1 rings (SSSR count). The van der Waals surface area contributed by atoms with E-state index in [1.807, 2.05) is 6.92 Å². The largest absolute Gasteiger partial charge is 0.351 e. The predicted molar refractivity (Wildman–Crippen MR) is 75.6 cm³/mol. The number of carbonyl (C=O) groups excluding carboxylic acids is 1. The first kappa shape index (κ1) is 15.2. The molecule has 0 aromatic rings. The molecule has 1 atom stereocenters. The van der Waals surface area contributed by atoms with E-state index in [1.165, 1.54) is 25.7 Å².